The second-order valence-electron chi connectivity index (χ2n) is 7.79. The number of amides is 1. The molecule has 0 aromatic heterocycles. The van der Waals surface area contributed by atoms with Gasteiger partial charge in [0.25, 0.3) is 5.91 Å². The van der Waals surface area contributed by atoms with Gasteiger partial charge in [0.05, 0.1) is 13.2 Å². The van der Waals surface area contributed by atoms with E-state index in [4.69, 9.17) is 4.74 Å². The summed E-state index contributed by atoms with van der Waals surface area (Å²) < 4.78 is 45.8. The highest BCUT2D eigenvalue weighted by Gasteiger charge is 2.38. The van der Waals surface area contributed by atoms with E-state index in [1.54, 1.807) is 41.3 Å². The Kier molecular flexibility index (Phi) is 5.46. The average Bonchev–Trinajstić information content (AvgIpc) is 2.71. The predicted molar refractivity (Wildman–Crippen MR) is 102 cm³/mol. The number of ether oxygens (including phenoxy) is 2. The molecule has 0 spiro atoms. The van der Waals surface area contributed by atoms with Crippen LogP contribution < -0.4 is 4.74 Å². The molecule has 0 aliphatic carbocycles. The first kappa shape index (κ1) is 20.7. The quantitative estimate of drug-likeness (QED) is 0.816. The van der Waals surface area contributed by atoms with Gasteiger partial charge in [-0.3, -0.25) is 4.79 Å². The Morgan fingerprint density at radius 1 is 1.03 bits per heavy atom. The molecule has 0 radical (unpaired) electrons. The molecule has 2 heterocycles. The van der Waals surface area contributed by atoms with Crippen LogP contribution >= 0.6 is 0 Å². The van der Waals surface area contributed by atoms with Crippen LogP contribution in [0.15, 0.2) is 48.5 Å². The third-order valence-corrected chi connectivity index (χ3v) is 5.72. The van der Waals surface area contributed by atoms with E-state index >= 15 is 0 Å². The van der Waals surface area contributed by atoms with Crippen molar-refractivity contribution in [3.8, 4) is 5.75 Å². The Hall–Kier alpha value is -2.58. The summed E-state index contributed by atoms with van der Waals surface area (Å²) in [5.41, 5.74) is 1.29. The number of nitrogens with zero attached hydrogens (tertiary/aromatic N) is 1. The lowest BCUT2D eigenvalue weighted by molar-refractivity contribution is -0.274. The van der Waals surface area contributed by atoms with E-state index < -0.39 is 12.0 Å². The fourth-order valence-electron chi connectivity index (χ4n) is 3.93. The average molecular weight is 421 g/mol. The molecule has 2 aromatic rings. The van der Waals surface area contributed by atoms with Crippen molar-refractivity contribution in [1.29, 1.82) is 0 Å². The standard InChI is InChI=1S/C22H22F3NO4/c23-22(24,25)30-19-7-3-15(4-8-19)16-9-11-26(12-10-16)20(27)17-1-5-18(6-2-17)21(28)13-29-14-21/h1-8,16,28H,9-14H2. The van der Waals surface area contributed by atoms with Crippen LogP contribution in [0.1, 0.15) is 40.2 Å². The van der Waals surface area contributed by atoms with Gasteiger partial charge in [-0.25, -0.2) is 0 Å². The molecule has 0 atom stereocenters. The number of halogens is 3. The number of carbonyl (C=O) groups excluding carboxylic acids is 1. The maximum absolute atomic E-state index is 12.8. The highest BCUT2D eigenvalue weighted by atomic mass is 19.4. The number of likely N-dealkylation sites (tertiary alicyclic amines) is 1. The molecule has 1 amide bonds. The van der Waals surface area contributed by atoms with Gasteiger partial charge >= 0.3 is 6.36 Å². The highest BCUT2D eigenvalue weighted by Crippen LogP contribution is 2.32. The topological polar surface area (TPSA) is 59.0 Å². The zero-order valence-corrected chi connectivity index (χ0v) is 16.2. The van der Waals surface area contributed by atoms with E-state index in [1.165, 1.54) is 12.1 Å². The molecule has 0 unspecified atom stereocenters. The summed E-state index contributed by atoms with van der Waals surface area (Å²) in [7, 11) is 0. The van der Waals surface area contributed by atoms with Crippen molar-refractivity contribution in [1.82, 2.24) is 4.90 Å². The minimum atomic E-state index is -4.70. The Labute approximate surface area is 172 Å². The van der Waals surface area contributed by atoms with Gasteiger partial charge in [-0.05, 0) is 54.2 Å². The van der Waals surface area contributed by atoms with Gasteiger partial charge in [0.1, 0.15) is 11.4 Å². The molecule has 2 aliphatic heterocycles. The summed E-state index contributed by atoms with van der Waals surface area (Å²) in [5, 5.41) is 10.3. The molecule has 160 valence electrons. The van der Waals surface area contributed by atoms with Crippen molar-refractivity contribution in [2.75, 3.05) is 26.3 Å². The summed E-state index contributed by atoms with van der Waals surface area (Å²) in [6.07, 6.45) is -3.23. The second-order valence-corrected chi connectivity index (χ2v) is 7.79. The van der Waals surface area contributed by atoms with Crippen LogP contribution in [0, 0.1) is 0 Å². The van der Waals surface area contributed by atoms with Crippen LogP contribution in [0.4, 0.5) is 13.2 Å². The van der Waals surface area contributed by atoms with E-state index in [9.17, 15) is 23.1 Å². The van der Waals surface area contributed by atoms with Crippen molar-refractivity contribution in [3.63, 3.8) is 0 Å². The number of carbonyl (C=O) groups is 1. The zero-order valence-electron chi connectivity index (χ0n) is 16.2. The molecule has 2 saturated heterocycles. The summed E-state index contributed by atoms with van der Waals surface area (Å²) in [6, 6.07) is 12.9. The predicted octanol–water partition coefficient (Wildman–Crippen LogP) is 3.82. The van der Waals surface area contributed by atoms with Gasteiger partial charge in [0, 0.05) is 18.7 Å². The van der Waals surface area contributed by atoms with Gasteiger partial charge in [0.2, 0.25) is 0 Å². The molecular weight excluding hydrogens is 399 g/mol. The number of hydrogen-bond donors (Lipinski definition) is 1. The molecule has 1 N–H and O–H groups in total. The summed E-state index contributed by atoms with van der Waals surface area (Å²) in [5.74, 6) is -0.115. The largest absolute Gasteiger partial charge is 0.573 e. The third-order valence-electron chi connectivity index (χ3n) is 5.72. The zero-order chi connectivity index (χ0) is 21.4. The normalized spacial score (nSPS) is 19.3. The van der Waals surface area contributed by atoms with Crippen LogP contribution in [0.3, 0.4) is 0 Å². The lowest BCUT2D eigenvalue weighted by Crippen LogP contribution is -2.46. The van der Waals surface area contributed by atoms with Crippen LogP contribution in [-0.4, -0.2) is 48.6 Å². The SMILES string of the molecule is O=C(c1ccc(C2(O)COC2)cc1)N1CCC(c2ccc(OC(F)(F)F)cc2)CC1. The molecule has 0 saturated carbocycles. The van der Waals surface area contributed by atoms with Gasteiger partial charge in [0.15, 0.2) is 0 Å². The van der Waals surface area contributed by atoms with Crippen molar-refractivity contribution >= 4 is 5.91 Å². The molecular formula is C22H22F3NO4. The number of aliphatic hydroxyl groups is 1. The Morgan fingerprint density at radius 3 is 2.13 bits per heavy atom. The Bertz CT molecular complexity index is 884. The molecule has 2 aromatic carbocycles. The molecule has 30 heavy (non-hydrogen) atoms. The first-order valence-corrected chi connectivity index (χ1v) is 9.79. The minimum absolute atomic E-state index is 0.0641. The maximum atomic E-state index is 12.8. The van der Waals surface area contributed by atoms with Crippen molar-refractivity contribution in [2.45, 2.75) is 30.7 Å². The summed E-state index contributed by atoms with van der Waals surface area (Å²) >= 11 is 0. The molecule has 4 rings (SSSR count). The van der Waals surface area contributed by atoms with Gasteiger partial charge in [-0.15, -0.1) is 13.2 Å². The first-order valence-electron chi connectivity index (χ1n) is 9.79. The molecule has 5 nitrogen and oxygen atoms in total. The second kappa shape index (κ2) is 7.92. The van der Waals surface area contributed by atoms with Crippen LogP contribution in [0.5, 0.6) is 5.75 Å². The number of alkyl halides is 3. The maximum Gasteiger partial charge on any atom is 0.573 e. The number of rotatable bonds is 4. The summed E-state index contributed by atoms with van der Waals surface area (Å²) in [4.78, 5) is 14.6. The molecule has 2 aliphatic rings. The smallest absolute Gasteiger partial charge is 0.406 e. The Balaban J connectivity index is 1.33. The number of benzene rings is 2. The summed E-state index contributed by atoms with van der Waals surface area (Å²) in [6.45, 7) is 1.67. The first-order chi connectivity index (χ1) is 14.2. The Morgan fingerprint density at radius 2 is 1.63 bits per heavy atom. The molecule has 2 fully saturated rings. The molecule has 0 bridgehead atoms. The van der Waals surface area contributed by atoms with E-state index in [0.717, 1.165) is 24.0 Å². The number of hydrogen-bond acceptors (Lipinski definition) is 4. The number of piperidine rings is 1. The van der Waals surface area contributed by atoms with Gasteiger partial charge < -0.3 is 19.5 Å². The van der Waals surface area contributed by atoms with Crippen molar-refractivity contribution in [3.05, 3.63) is 65.2 Å². The fraction of sp³-hybridized carbons (Fsp3) is 0.409. The highest BCUT2D eigenvalue weighted by molar-refractivity contribution is 5.94. The fourth-order valence-corrected chi connectivity index (χ4v) is 3.93. The van der Waals surface area contributed by atoms with E-state index in [-0.39, 0.29) is 30.8 Å². The van der Waals surface area contributed by atoms with Crippen molar-refractivity contribution in [2.24, 2.45) is 0 Å². The van der Waals surface area contributed by atoms with Crippen LogP contribution in [0.2, 0.25) is 0 Å². The molecule has 8 heteroatoms. The lowest BCUT2D eigenvalue weighted by atomic mass is 9.89. The minimum Gasteiger partial charge on any atom is -0.406 e. The van der Waals surface area contributed by atoms with Gasteiger partial charge in [-0.2, -0.15) is 0 Å². The lowest BCUT2D eigenvalue weighted by Gasteiger charge is -2.37. The van der Waals surface area contributed by atoms with Crippen LogP contribution in [-0.2, 0) is 10.3 Å². The monoisotopic (exact) mass is 421 g/mol. The van der Waals surface area contributed by atoms with Crippen LogP contribution in [0.25, 0.3) is 0 Å². The van der Waals surface area contributed by atoms with Crippen molar-refractivity contribution < 1.29 is 32.5 Å². The van der Waals surface area contributed by atoms with Gasteiger partial charge in [-0.1, -0.05) is 24.3 Å². The third kappa shape index (κ3) is 4.44. The van der Waals surface area contributed by atoms with E-state index in [0.29, 0.717) is 18.7 Å². The van der Waals surface area contributed by atoms with E-state index in [1.807, 2.05) is 0 Å². The van der Waals surface area contributed by atoms with E-state index in [2.05, 4.69) is 4.74 Å².